The standard InChI is InChI=1S/C33H43NO8S2/c1-4-39-32(35)15-11-19-42-31-14-10-13-25(29(31)16-17-33(36)40-5-2)12-8-6-7-9-18-41-27-20-26(30-23-43-24-34-30)21-28(22-27)44(3,37)38/h10,13-14,20-24H,4-9,11-12,15-19H2,1-3H3. The Morgan fingerprint density at radius 1 is 0.841 bits per heavy atom. The minimum atomic E-state index is -3.40. The lowest BCUT2D eigenvalue weighted by Gasteiger charge is -2.16. The van der Waals surface area contributed by atoms with Crippen molar-refractivity contribution in [2.45, 2.75) is 76.5 Å². The van der Waals surface area contributed by atoms with Crippen LogP contribution in [0.25, 0.3) is 11.3 Å². The Morgan fingerprint density at radius 2 is 1.57 bits per heavy atom. The zero-order valence-corrected chi connectivity index (χ0v) is 27.5. The molecule has 9 nitrogen and oxygen atoms in total. The summed E-state index contributed by atoms with van der Waals surface area (Å²) in [6, 6.07) is 11.0. The lowest BCUT2D eigenvalue weighted by molar-refractivity contribution is -0.144. The van der Waals surface area contributed by atoms with Gasteiger partial charge in [0.1, 0.15) is 11.5 Å². The van der Waals surface area contributed by atoms with Gasteiger partial charge in [-0.3, -0.25) is 9.59 Å². The average Bonchev–Trinajstić information content (AvgIpc) is 3.53. The first-order valence-corrected chi connectivity index (χ1v) is 18.0. The number of esters is 2. The van der Waals surface area contributed by atoms with Crippen molar-refractivity contribution in [3.8, 4) is 22.8 Å². The lowest BCUT2D eigenvalue weighted by Crippen LogP contribution is -2.10. The van der Waals surface area contributed by atoms with Gasteiger partial charge in [0.05, 0.1) is 42.5 Å². The second-order valence-electron chi connectivity index (χ2n) is 10.3. The Balaban J connectivity index is 1.52. The van der Waals surface area contributed by atoms with Crippen molar-refractivity contribution in [2.75, 3.05) is 32.7 Å². The van der Waals surface area contributed by atoms with Crippen LogP contribution in [0.2, 0.25) is 0 Å². The van der Waals surface area contributed by atoms with Crippen molar-refractivity contribution >= 4 is 33.1 Å². The fourth-order valence-electron chi connectivity index (χ4n) is 4.69. The highest BCUT2D eigenvalue weighted by molar-refractivity contribution is 7.90. The highest BCUT2D eigenvalue weighted by Crippen LogP contribution is 2.29. The number of aromatic nitrogens is 1. The van der Waals surface area contributed by atoms with E-state index in [1.54, 1.807) is 31.5 Å². The Hall–Kier alpha value is -3.44. The van der Waals surface area contributed by atoms with Crippen molar-refractivity contribution in [1.29, 1.82) is 0 Å². The smallest absolute Gasteiger partial charge is 0.306 e. The minimum absolute atomic E-state index is 0.210. The molecule has 240 valence electrons. The molecular weight excluding hydrogens is 602 g/mol. The van der Waals surface area contributed by atoms with Gasteiger partial charge >= 0.3 is 11.9 Å². The largest absolute Gasteiger partial charge is 0.494 e. The lowest BCUT2D eigenvalue weighted by atomic mass is 9.96. The third-order valence-electron chi connectivity index (χ3n) is 6.85. The van der Waals surface area contributed by atoms with E-state index in [0.717, 1.165) is 54.7 Å². The zero-order valence-electron chi connectivity index (χ0n) is 25.8. The summed E-state index contributed by atoms with van der Waals surface area (Å²) >= 11 is 1.45. The van der Waals surface area contributed by atoms with E-state index < -0.39 is 9.84 Å². The molecule has 0 atom stereocenters. The monoisotopic (exact) mass is 645 g/mol. The number of thiazole rings is 1. The average molecular weight is 646 g/mol. The van der Waals surface area contributed by atoms with Crippen molar-refractivity contribution in [1.82, 2.24) is 4.98 Å². The van der Waals surface area contributed by atoms with Crippen molar-refractivity contribution in [2.24, 2.45) is 0 Å². The molecule has 11 heteroatoms. The first-order valence-electron chi connectivity index (χ1n) is 15.1. The Labute approximate surface area is 264 Å². The molecule has 0 fully saturated rings. The number of rotatable bonds is 20. The number of carbonyl (C=O) groups excluding carboxylic acids is 2. The van der Waals surface area contributed by atoms with E-state index >= 15 is 0 Å². The van der Waals surface area contributed by atoms with Gasteiger partial charge in [0.25, 0.3) is 0 Å². The maximum absolute atomic E-state index is 12.2. The Kier molecular flexibility index (Phi) is 14.6. The van der Waals surface area contributed by atoms with Crippen LogP contribution in [0, 0.1) is 0 Å². The van der Waals surface area contributed by atoms with Crippen LogP contribution in [0.4, 0.5) is 0 Å². The summed E-state index contributed by atoms with van der Waals surface area (Å²) in [6.45, 7) is 5.14. The molecule has 0 N–H and O–H groups in total. The molecule has 0 aliphatic rings. The third kappa shape index (κ3) is 11.9. The van der Waals surface area contributed by atoms with E-state index in [1.165, 1.54) is 17.6 Å². The summed E-state index contributed by atoms with van der Waals surface area (Å²) < 4.78 is 46.5. The Bertz CT molecular complexity index is 1440. The molecule has 0 saturated carbocycles. The van der Waals surface area contributed by atoms with E-state index in [4.69, 9.17) is 18.9 Å². The molecule has 3 rings (SSSR count). The highest BCUT2D eigenvalue weighted by atomic mass is 32.2. The summed E-state index contributed by atoms with van der Waals surface area (Å²) in [5, 5.41) is 1.88. The van der Waals surface area contributed by atoms with Gasteiger partial charge in [0, 0.05) is 30.0 Å². The van der Waals surface area contributed by atoms with E-state index in [9.17, 15) is 18.0 Å². The quantitative estimate of drug-likeness (QED) is 0.0988. The highest BCUT2D eigenvalue weighted by Gasteiger charge is 2.15. The molecule has 3 aromatic rings. The maximum Gasteiger partial charge on any atom is 0.306 e. The first-order chi connectivity index (χ1) is 21.2. The van der Waals surface area contributed by atoms with Gasteiger partial charge in [0.2, 0.25) is 0 Å². The van der Waals surface area contributed by atoms with Gasteiger partial charge < -0.3 is 18.9 Å². The van der Waals surface area contributed by atoms with E-state index in [-0.39, 0.29) is 23.3 Å². The van der Waals surface area contributed by atoms with Gasteiger partial charge in [-0.1, -0.05) is 25.0 Å². The van der Waals surface area contributed by atoms with E-state index in [0.29, 0.717) is 57.0 Å². The molecule has 0 saturated heterocycles. The molecule has 1 aromatic heterocycles. The number of nitrogens with zero attached hydrogens (tertiary/aromatic N) is 1. The molecule has 2 aromatic carbocycles. The summed E-state index contributed by atoms with van der Waals surface area (Å²) in [5.41, 5.74) is 5.29. The van der Waals surface area contributed by atoms with Crippen molar-refractivity contribution < 1.29 is 37.0 Å². The summed E-state index contributed by atoms with van der Waals surface area (Å²) in [4.78, 5) is 28.2. The molecule has 0 unspecified atom stereocenters. The van der Waals surface area contributed by atoms with Gasteiger partial charge in [-0.05, 0) is 81.3 Å². The van der Waals surface area contributed by atoms with Crippen LogP contribution in [-0.2, 0) is 41.7 Å². The SMILES string of the molecule is CCOC(=O)CCCOc1cccc(CCCCCCOc2cc(-c3cscn3)cc(S(C)(=O)=O)c2)c1CCC(=O)OCC. The number of hydrogen-bond acceptors (Lipinski definition) is 10. The predicted octanol–water partition coefficient (Wildman–Crippen LogP) is 6.61. The number of carbonyl (C=O) groups is 2. The maximum atomic E-state index is 12.2. The molecule has 0 spiro atoms. The second kappa shape index (κ2) is 18.4. The predicted molar refractivity (Wildman–Crippen MR) is 171 cm³/mol. The van der Waals surface area contributed by atoms with Gasteiger partial charge in [0.15, 0.2) is 9.84 Å². The van der Waals surface area contributed by atoms with Crippen molar-refractivity contribution in [3.05, 3.63) is 58.4 Å². The van der Waals surface area contributed by atoms with Crippen LogP contribution < -0.4 is 9.47 Å². The van der Waals surface area contributed by atoms with Crippen molar-refractivity contribution in [3.63, 3.8) is 0 Å². The fourth-order valence-corrected chi connectivity index (χ4v) is 5.92. The van der Waals surface area contributed by atoms with Crippen LogP contribution in [0.5, 0.6) is 11.5 Å². The summed E-state index contributed by atoms with van der Waals surface area (Å²) in [5.74, 6) is 0.774. The molecular formula is C33H43NO8S2. The van der Waals surface area contributed by atoms with Gasteiger partial charge in [-0.25, -0.2) is 13.4 Å². The van der Waals surface area contributed by atoms with Crippen LogP contribution in [0.1, 0.15) is 69.9 Å². The molecule has 0 aliphatic carbocycles. The number of aryl methyl sites for hydroxylation is 1. The number of ether oxygens (including phenoxy) is 4. The van der Waals surface area contributed by atoms with Gasteiger partial charge in [-0.2, -0.15) is 0 Å². The molecule has 44 heavy (non-hydrogen) atoms. The normalized spacial score (nSPS) is 11.2. The summed E-state index contributed by atoms with van der Waals surface area (Å²) in [6.07, 6.45) is 7.38. The number of sulfone groups is 1. The number of benzene rings is 2. The van der Waals surface area contributed by atoms with Gasteiger partial charge in [-0.15, -0.1) is 11.3 Å². The second-order valence-corrected chi connectivity index (χ2v) is 13.0. The molecule has 0 bridgehead atoms. The van der Waals surface area contributed by atoms with Crippen LogP contribution in [0.15, 0.2) is 52.2 Å². The van der Waals surface area contributed by atoms with E-state index in [1.807, 2.05) is 23.6 Å². The fraction of sp³-hybridized carbons (Fsp3) is 0.485. The van der Waals surface area contributed by atoms with Crippen LogP contribution in [-0.4, -0.2) is 58.0 Å². The van der Waals surface area contributed by atoms with E-state index in [2.05, 4.69) is 11.1 Å². The molecule has 0 amide bonds. The molecule has 1 heterocycles. The Morgan fingerprint density at radius 3 is 2.27 bits per heavy atom. The first kappa shape index (κ1) is 35.0. The summed E-state index contributed by atoms with van der Waals surface area (Å²) in [7, 11) is -3.40. The number of hydrogen-bond donors (Lipinski definition) is 0. The van der Waals surface area contributed by atoms with Crippen LogP contribution in [0.3, 0.4) is 0 Å². The third-order valence-corrected chi connectivity index (χ3v) is 8.53. The molecule has 0 radical (unpaired) electrons. The minimum Gasteiger partial charge on any atom is -0.494 e. The number of unbranched alkanes of at least 4 members (excludes halogenated alkanes) is 3. The zero-order chi connectivity index (χ0) is 31.8. The van der Waals surface area contributed by atoms with Crippen LogP contribution >= 0.6 is 11.3 Å². The topological polar surface area (TPSA) is 118 Å². The molecule has 0 aliphatic heterocycles.